The molecule has 0 aliphatic heterocycles. The fourth-order valence-corrected chi connectivity index (χ4v) is 4.38. The van der Waals surface area contributed by atoms with Crippen LogP contribution in [-0.4, -0.2) is 69.2 Å². The number of amides is 2. The minimum absolute atomic E-state index is 0.00966. The minimum atomic E-state index is -3.32. The van der Waals surface area contributed by atoms with Gasteiger partial charge in [0.05, 0.1) is 18.6 Å². The molecule has 1 aliphatic carbocycles. The van der Waals surface area contributed by atoms with Crippen molar-refractivity contribution in [1.29, 1.82) is 0 Å². The summed E-state index contributed by atoms with van der Waals surface area (Å²) in [6.45, 7) is 6.58. The molecule has 1 aliphatic rings. The second-order valence-electron chi connectivity index (χ2n) is 9.53. The Morgan fingerprint density at radius 2 is 1.64 bits per heavy atom. The predicted molar refractivity (Wildman–Crippen MR) is 139 cm³/mol. The third-order valence-corrected chi connectivity index (χ3v) is 7.10. The molecule has 4 N–H and O–H groups in total. The number of ether oxygens (including phenoxy) is 1. The second kappa shape index (κ2) is 18.1. The van der Waals surface area contributed by atoms with Crippen molar-refractivity contribution in [3.05, 3.63) is 24.3 Å². The summed E-state index contributed by atoms with van der Waals surface area (Å²) < 4.78 is 29.3. The van der Waals surface area contributed by atoms with Gasteiger partial charge in [-0.2, -0.15) is 0 Å². The van der Waals surface area contributed by atoms with Crippen molar-refractivity contribution < 1.29 is 33.1 Å². The quantitative estimate of drug-likeness (QED) is 0.268. The lowest BCUT2D eigenvalue weighted by Crippen LogP contribution is -2.36. The molecule has 0 saturated heterocycles. The molecule has 2 rings (SSSR count). The Kier molecular flexibility index (Phi) is 17.0. The fraction of sp³-hybridized carbons (Fsp3) is 0.680. The lowest BCUT2D eigenvalue weighted by molar-refractivity contribution is -0.135. The van der Waals surface area contributed by atoms with Crippen molar-refractivity contribution in [2.45, 2.75) is 64.2 Å². The van der Waals surface area contributed by atoms with Gasteiger partial charge in [-0.3, -0.25) is 14.8 Å². The number of benzene rings is 1. The molecule has 1 aromatic carbocycles. The van der Waals surface area contributed by atoms with Crippen molar-refractivity contribution in [3.63, 3.8) is 0 Å². The van der Waals surface area contributed by atoms with Crippen molar-refractivity contribution in [2.24, 2.45) is 17.8 Å². The highest BCUT2D eigenvalue weighted by molar-refractivity contribution is 7.89. The molecule has 10 nitrogen and oxygen atoms in total. The molecule has 1 saturated carbocycles. The van der Waals surface area contributed by atoms with Crippen LogP contribution in [0.15, 0.2) is 29.2 Å². The summed E-state index contributed by atoms with van der Waals surface area (Å²) >= 11 is 0. The summed E-state index contributed by atoms with van der Waals surface area (Å²) in [7, 11) is 1.21. The van der Waals surface area contributed by atoms with Crippen molar-refractivity contribution in [1.82, 2.24) is 15.1 Å². The van der Waals surface area contributed by atoms with E-state index in [-0.39, 0.29) is 30.4 Å². The second-order valence-corrected chi connectivity index (χ2v) is 11.7. The number of carbonyl (C=O) groups excluding carboxylic acids is 2. The highest BCUT2D eigenvalue weighted by Crippen LogP contribution is 2.31. The lowest BCUT2D eigenvalue weighted by atomic mass is 9.90. The van der Waals surface area contributed by atoms with E-state index >= 15 is 0 Å². The zero-order valence-corrected chi connectivity index (χ0v) is 23.3. The van der Waals surface area contributed by atoms with E-state index in [0.717, 1.165) is 18.8 Å². The Morgan fingerprint density at radius 3 is 2.06 bits per heavy atom. The summed E-state index contributed by atoms with van der Waals surface area (Å²) in [5.74, 6) is 0.771. The third kappa shape index (κ3) is 13.8. The van der Waals surface area contributed by atoms with Crippen LogP contribution in [0.4, 0.5) is 0 Å². The molecular formula is C25H45N3O7S. The number of nitrogens with one attached hydrogen (secondary N) is 2. The normalized spacial score (nSPS) is 14.3. The standard InChI is InChI=1S/C12H22N2O4.C9H13NO3S.C4H10/c15-6-5-13-12(17)10(8-11(16)14-18)7-9-3-1-2-4-9;1-10(2)14(11,12)9-6-4-8(13-3)5-7-9;1-4(2)3/h9-10,15,18H,1-8H2,(H,13,17)(H,14,16);4-7H,1-3H3;4H,1-3H3/t10-;;/m1../s1. The molecule has 1 atom stereocenters. The zero-order chi connectivity index (χ0) is 27.7. The number of methoxy groups -OCH3 is 1. The molecule has 2 amide bonds. The van der Waals surface area contributed by atoms with Gasteiger partial charge in [-0.05, 0) is 42.5 Å². The van der Waals surface area contributed by atoms with Crippen LogP contribution in [-0.2, 0) is 19.6 Å². The maximum atomic E-state index is 11.9. The SMILES string of the molecule is CC(C)C.COc1ccc(S(=O)(=O)N(C)C)cc1.O=C(C[C@@H](CC1CCCC1)C(=O)NCCO)NO. The van der Waals surface area contributed by atoms with Crippen molar-refractivity contribution in [3.8, 4) is 5.75 Å². The van der Waals surface area contributed by atoms with E-state index < -0.39 is 21.8 Å². The average Bonchev–Trinajstić information content (AvgIpc) is 3.35. The average molecular weight is 532 g/mol. The van der Waals surface area contributed by atoms with Crippen LogP contribution >= 0.6 is 0 Å². The Balaban J connectivity index is 0.000000606. The summed E-state index contributed by atoms with van der Waals surface area (Å²) in [6.07, 6.45) is 5.23. The van der Waals surface area contributed by atoms with Crippen molar-refractivity contribution >= 4 is 21.8 Å². The van der Waals surface area contributed by atoms with Crippen LogP contribution in [0, 0.1) is 17.8 Å². The summed E-state index contributed by atoms with van der Waals surface area (Å²) in [6, 6.07) is 6.29. The summed E-state index contributed by atoms with van der Waals surface area (Å²) in [5.41, 5.74) is 1.56. The van der Waals surface area contributed by atoms with E-state index in [1.54, 1.807) is 17.6 Å². The number of hydroxylamine groups is 1. The molecule has 0 bridgehead atoms. The highest BCUT2D eigenvalue weighted by atomic mass is 32.2. The lowest BCUT2D eigenvalue weighted by Gasteiger charge is -2.19. The van der Waals surface area contributed by atoms with E-state index in [1.165, 1.54) is 50.5 Å². The smallest absolute Gasteiger partial charge is 0.244 e. The summed E-state index contributed by atoms with van der Waals surface area (Å²) in [5, 5.41) is 19.8. The van der Waals surface area contributed by atoms with Crippen LogP contribution < -0.4 is 15.5 Å². The molecule has 1 aromatic rings. The Morgan fingerprint density at radius 1 is 1.11 bits per heavy atom. The van der Waals surface area contributed by atoms with Gasteiger partial charge in [0.25, 0.3) is 0 Å². The number of hydrogen-bond donors (Lipinski definition) is 4. The van der Waals surface area contributed by atoms with Gasteiger partial charge in [0.1, 0.15) is 5.75 Å². The molecule has 1 fully saturated rings. The van der Waals surface area contributed by atoms with Crippen molar-refractivity contribution in [2.75, 3.05) is 34.4 Å². The topological polar surface area (TPSA) is 145 Å². The molecule has 0 spiro atoms. The Labute approximate surface area is 216 Å². The fourth-order valence-electron chi connectivity index (χ4n) is 3.48. The van der Waals surface area contributed by atoms with E-state index in [1.807, 2.05) is 0 Å². The van der Waals surface area contributed by atoms with Crippen LogP contribution in [0.3, 0.4) is 0 Å². The number of nitrogens with zero attached hydrogens (tertiary/aromatic N) is 1. The van der Waals surface area contributed by atoms with Gasteiger partial charge in [0, 0.05) is 33.0 Å². The highest BCUT2D eigenvalue weighted by Gasteiger charge is 2.27. The van der Waals surface area contributed by atoms with Gasteiger partial charge >= 0.3 is 0 Å². The molecule has 0 unspecified atom stereocenters. The molecule has 0 aromatic heterocycles. The molecular weight excluding hydrogens is 486 g/mol. The number of aliphatic hydroxyl groups excluding tert-OH is 1. The van der Waals surface area contributed by atoms with Gasteiger partial charge in [0.2, 0.25) is 21.8 Å². The maximum absolute atomic E-state index is 11.9. The first-order valence-electron chi connectivity index (χ1n) is 12.3. The van der Waals surface area contributed by atoms with E-state index in [4.69, 9.17) is 15.1 Å². The third-order valence-electron chi connectivity index (χ3n) is 5.27. The number of hydrogen-bond acceptors (Lipinski definition) is 7. The van der Waals surface area contributed by atoms with E-state index in [2.05, 4.69) is 26.1 Å². The monoisotopic (exact) mass is 531 g/mol. The molecule has 36 heavy (non-hydrogen) atoms. The van der Waals surface area contributed by atoms with Gasteiger partial charge in [-0.15, -0.1) is 0 Å². The Bertz CT molecular complexity index is 850. The van der Waals surface area contributed by atoms with Crippen LogP contribution in [0.5, 0.6) is 5.75 Å². The Hall–Kier alpha value is -2.21. The van der Waals surface area contributed by atoms with E-state index in [9.17, 15) is 18.0 Å². The summed E-state index contributed by atoms with van der Waals surface area (Å²) in [4.78, 5) is 23.3. The number of aliphatic hydroxyl groups is 1. The molecule has 0 radical (unpaired) electrons. The van der Waals surface area contributed by atoms with E-state index in [0.29, 0.717) is 18.1 Å². The number of carbonyl (C=O) groups is 2. The van der Waals surface area contributed by atoms with Gasteiger partial charge in [-0.25, -0.2) is 18.2 Å². The van der Waals surface area contributed by atoms with Crippen LogP contribution in [0.25, 0.3) is 0 Å². The van der Waals surface area contributed by atoms with Crippen LogP contribution in [0.2, 0.25) is 0 Å². The maximum Gasteiger partial charge on any atom is 0.244 e. The van der Waals surface area contributed by atoms with Gasteiger partial charge in [0.15, 0.2) is 0 Å². The van der Waals surface area contributed by atoms with Crippen LogP contribution in [0.1, 0.15) is 59.3 Å². The van der Waals surface area contributed by atoms with Gasteiger partial charge in [-0.1, -0.05) is 46.5 Å². The molecule has 0 heterocycles. The number of rotatable bonds is 10. The molecule has 208 valence electrons. The van der Waals surface area contributed by atoms with Gasteiger partial charge < -0.3 is 15.2 Å². The number of sulfonamides is 1. The first kappa shape index (κ1) is 33.8. The first-order chi connectivity index (χ1) is 16.9. The zero-order valence-electron chi connectivity index (χ0n) is 22.5. The first-order valence-corrected chi connectivity index (χ1v) is 13.7. The predicted octanol–water partition coefficient (Wildman–Crippen LogP) is 2.79. The largest absolute Gasteiger partial charge is 0.497 e. The molecule has 11 heteroatoms. The minimum Gasteiger partial charge on any atom is -0.497 e.